The molecule has 0 spiro atoms. The van der Waals surface area contributed by atoms with Crippen molar-refractivity contribution in [3.05, 3.63) is 96.3 Å². The molecule has 1 aromatic carbocycles. The normalized spacial score (nSPS) is 11.9. The Balaban J connectivity index is 1.48. The molecule has 0 radical (unpaired) electrons. The van der Waals surface area contributed by atoms with Crippen LogP contribution in [-0.2, 0) is 13.5 Å². The Morgan fingerprint density at radius 3 is 2.66 bits per heavy atom. The smallest absolute Gasteiger partial charge is 0.267 e. The van der Waals surface area contributed by atoms with Crippen molar-refractivity contribution in [2.45, 2.75) is 18.9 Å². The number of carbonyl (C=O) groups is 2. The second-order valence-electron chi connectivity index (χ2n) is 7.95. The summed E-state index contributed by atoms with van der Waals surface area (Å²) in [5, 5.41) is 2.99. The van der Waals surface area contributed by atoms with Crippen LogP contribution in [0.2, 0.25) is 0 Å². The van der Waals surface area contributed by atoms with Crippen LogP contribution in [0.1, 0.15) is 32.8 Å². The molecule has 164 valence electrons. The third-order valence-electron chi connectivity index (χ3n) is 5.78. The fourth-order valence-electron chi connectivity index (χ4n) is 3.87. The van der Waals surface area contributed by atoms with E-state index in [0.29, 0.717) is 30.6 Å². The molecular weight excluding hydrogens is 402 g/mol. The van der Waals surface area contributed by atoms with Gasteiger partial charge in [0.05, 0.1) is 23.6 Å². The first-order chi connectivity index (χ1) is 15.5. The minimum Gasteiger partial charge on any atom is -0.351 e. The predicted octanol–water partition coefficient (Wildman–Crippen LogP) is 3.18. The first kappa shape index (κ1) is 21.4. The highest BCUT2D eigenvalue weighted by molar-refractivity contribution is 5.94. The number of benzene rings is 1. The average molecular weight is 430 g/mol. The van der Waals surface area contributed by atoms with Gasteiger partial charge in [-0.25, -0.2) is 4.98 Å². The monoisotopic (exact) mass is 429 g/mol. The zero-order chi connectivity index (χ0) is 22.5. The molecule has 3 aromatic heterocycles. The number of nitrogens with zero attached hydrogens (tertiary/aromatic N) is 4. The first-order valence-corrected chi connectivity index (χ1v) is 10.7. The number of pyridine rings is 1. The number of nitrogens with one attached hydrogen (secondary N) is 1. The van der Waals surface area contributed by atoms with Crippen molar-refractivity contribution in [2.24, 2.45) is 7.05 Å². The van der Waals surface area contributed by atoms with Gasteiger partial charge in [-0.15, -0.1) is 0 Å². The zero-order valence-corrected chi connectivity index (χ0v) is 18.3. The minimum absolute atomic E-state index is 0.0599. The number of carbonyl (C=O) groups excluding carboxylic acids is 2. The van der Waals surface area contributed by atoms with Crippen LogP contribution in [0.25, 0.3) is 5.52 Å². The molecule has 0 bridgehead atoms. The van der Waals surface area contributed by atoms with Crippen LogP contribution in [0.3, 0.4) is 0 Å². The molecule has 7 heteroatoms. The largest absolute Gasteiger partial charge is 0.351 e. The van der Waals surface area contributed by atoms with Gasteiger partial charge in [-0.05, 0) is 42.7 Å². The minimum atomic E-state index is -0.115. The maximum Gasteiger partial charge on any atom is 0.267 e. The van der Waals surface area contributed by atoms with Crippen molar-refractivity contribution in [1.82, 2.24) is 24.2 Å². The van der Waals surface area contributed by atoms with Crippen molar-refractivity contribution in [3.63, 3.8) is 0 Å². The van der Waals surface area contributed by atoms with Crippen LogP contribution in [0.15, 0.2) is 79.5 Å². The van der Waals surface area contributed by atoms with Crippen LogP contribution in [-0.4, -0.2) is 50.3 Å². The van der Waals surface area contributed by atoms with E-state index in [9.17, 15) is 9.59 Å². The summed E-state index contributed by atoms with van der Waals surface area (Å²) in [5.74, 6) is -0.175. The van der Waals surface area contributed by atoms with Crippen LogP contribution < -0.4 is 5.32 Å². The molecule has 1 N–H and O–H groups in total. The molecule has 1 atom stereocenters. The molecule has 0 aliphatic heterocycles. The number of fused-ring (bicyclic) bond motifs is 1. The van der Waals surface area contributed by atoms with Gasteiger partial charge in [0.1, 0.15) is 5.69 Å². The molecule has 32 heavy (non-hydrogen) atoms. The highest BCUT2D eigenvalue weighted by atomic mass is 16.2. The molecular formula is C25H27N5O2. The van der Waals surface area contributed by atoms with Crippen molar-refractivity contribution in [3.8, 4) is 0 Å². The standard InChI is InChI=1S/C25H27N5O2/c1-28-14-6-9-23(28)24(31)27-13-12-21(15-19-7-4-3-5-8-19)29(2)25(32)20-10-11-22-16-26-18-30(22)17-20/h3-11,14,16-18,21H,12-13,15H2,1-2H3,(H,27,31). The maximum atomic E-state index is 13.3. The Bertz CT molecular complexity index is 1210. The van der Waals surface area contributed by atoms with E-state index in [-0.39, 0.29) is 17.9 Å². The summed E-state index contributed by atoms with van der Waals surface area (Å²) in [5.41, 5.74) is 3.30. The highest BCUT2D eigenvalue weighted by Gasteiger charge is 2.22. The van der Waals surface area contributed by atoms with Crippen molar-refractivity contribution in [1.29, 1.82) is 0 Å². The summed E-state index contributed by atoms with van der Waals surface area (Å²) in [7, 11) is 3.67. The van der Waals surface area contributed by atoms with Gasteiger partial charge in [-0.2, -0.15) is 0 Å². The Morgan fingerprint density at radius 2 is 1.91 bits per heavy atom. The quantitative estimate of drug-likeness (QED) is 0.468. The van der Waals surface area contributed by atoms with Gasteiger partial charge in [0.2, 0.25) is 0 Å². The van der Waals surface area contributed by atoms with Gasteiger partial charge in [-0.1, -0.05) is 30.3 Å². The zero-order valence-electron chi connectivity index (χ0n) is 18.3. The molecule has 0 aliphatic carbocycles. The van der Waals surface area contributed by atoms with Gasteiger partial charge >= 0.3 is 0 Å². The Hall–Kier alpha value is -3.87. The van der Waals surface area contributed by atoms with E-state index >= 15 is 0 Å². The SMILES string of the molecule is CN(C(=O)c1ccc2cncn2c1)C(CCNC(=O)c1cccn1C)Cc1ccccc1. The predicted molar refractivity (Wildman–Crippen MR) is 124 cm³/mol. The van der Waals surface area contributed by atoms with E-state index < -0.39 is 0 Å². The van der Waals surface area contributed by atoms with E-state index in [1.807, 2.05) is 61.1 Å². The summed E-state index contributed by atoms with van der Waals surface area (Å²) < 4.78 is 3.63. The molecule has 0 aliphatic rings. The summed E-state index contributed by atoms with van der Waals surface area (Å²) in [6, 6.07) is 17.4. The molecule has 0 saturated heterocycles. The van der Waals surface area contributed by atoms with Gasteiger partial charge in [-0.3, -0.25) is 9.59 Å². The number of hydrogen-bond donors (Lipinski definition) is 1. The molecule has 4 aromatic rings. The molecule has 0 saturated carbocycles. The second kappa shape index (κ2) is 9.51. The maximum absolute atomic E-state index is 13.3. The molecule has 0 fully saturated rings. The molecule has 7 nitrogen and oxygen atoms in total. The number of rotatable bonds is 8. The van der Waals surface area contributed by atoms with Crippen LogP contribution in [0.4, 0.5) is 0 Å². The fraction of sp³-hybridized carbons (Fsp3) is 0.240. The number of aryl methyl sites for hydroxylation is 1. The van der Waals surface area contributed by atoms with Crippen LogP contribution in [0, 0.1) is 0 Å². The lowest BCUT2D eigenvalue weighted by Gasteiger charge is -2.29. The third kappa shape index (κ3) is 4.72. The van der Waals surface area contributed by atoms with Gasteiger partial charge in [0.15, 0.2) is 0 Å². The van der Waals surface area contributed by atoms with Crippen molar-refractivity contribution in [2.75, 3.05) is 13.6 Å². The molecule has 4 rings (SSSR count). The summed E-state index contributed by atoms with van der Waals surface area (Å²) in [4.78, 5) is 31.6. The number of aromatic nitrogens is 3. The summed E-state index contributed by atoms with van der Waals surface area (Å²) >= 11 is 0. The lowest BCUT2D eigenvalue weighted by atomic mass is 10.0. The Labute approximate surface area is 187 Å². The van der Waals surface area contributed by atoms with Crippen LogP contribution >= 0.6 is 0 Å². The lowest BCUT2D eigenvalue weighted by molar-refractivity contribution is 0.0722. The Kier molecular flexibility index (Phi) is 6.35. The number of hydrogen-bond acceptors (Lipinski definition) is 3. The first-order valence-electron chi connectivity index (χ1n) is 10.7. The summed E-state index contributed by atoms with van der Waals surface area (Å²) in [6.07, 6.45) is 8.43. The molecule has 1 unspecified atom stereocenters. The molecule has 2 amide bonds. The average Bonchev–Trinajstić information content (AvgIpc) is 3.46. The van der Waals surface area contributed by atoms with Gasteiger partial charge in [0.25, 0.3) is 11.8 Å². The van der Waals surface area contributed by atoms with E-state index in [4.69, 9.17) is 0 Å². The third-order valence-corrected chi connectivity index (χ3v) is 5.78. The van der Waals surface area contributed by atoms with Crippen LogP contribution in [0.5, 0.6) is 0 Å². The second-order valence-corrected chi connectivity index (χ2v) is 7.95. The van der Waals surface area contributed by atoms with E-state index in [1.165, 1.54) is 0 Å². The van der Waals surface area contributed by atoms with E-state index in [2.05, 4.69) is 22.4 Å². The molecule has 3 heterocycles. The van der Waals surface area contributed by atoms with E-state index in [1.54, 1.807) is 34.3 Å². The number of imidazole rings is 1. The van der Waals surface area contributed by atoms with Crippen molar-refractivity contribution >= 4 is 17.3 Å². The topological polar surface area (TPSA) is 71.6 Å². The highest BCUT2D eigenvalue weighted by Crippen LogP contribution is 2.15. The Morgan fingerprint density at radius 1 is 1.09 bits per heavy atom. The van der Waals surface area contributed by atoms with E-state index in [0.717, 1.165) is 11.1 Å². The number of amides is 2. The van der Waals surface area contributed by atoms with Gasteiger partial charge in [0, 0.05) is 39.1 Å². The number of likely N-dealkylation sites (N-methyl/N-ethyl adjacent to an activating group) is 1. The fourth-order valence-corrected chi connectivity index (χ4v) is 3.87. The van der Waals surface area contributed by atoms with Gasteiger partial charge < -0.3 is 19.2 Å². The van der Waals surface area contributed by atoms with Crippen molar-refractivity contribution < 1.29 is 9.59 Å². The lowest BCUT2D eigenvalue weighted by Crippen LogP contribution is -2.41. The summed E-state index contributed by atoms with van der Waals surface area (Å²) in [6.45, 7) is 0.472.